The van der Waals surface area contributed by atoms with Crippen LogP contribution in [-0.2, 0) is 0 Å². The van der Waals surface area contributed by atoms with E-state index in [1.54, 1.807) is 0 Å². The van der Waals surface area contributed by atoms with E-state index in [0.717, 1.165) is 44.8 Å². The van der Waals surface area contributed by atoms with Gasteiger partial charge in [-0.05, 0) is 72.8 Å². The highest BCUT2D eigenvalue weighted by Gasteiger charge is 2.02. The van der Waals surface area contributed by atoms with Crippen molar-refractivity contribution < 1.29 is 0 Å². The summed E-state index contributed by atoms with van der Waals surface area (Å²) in [5.74, 6) is 0. The summed E-state index contributed by atoms with van der Waals surface area (Å²) in [6.07, 6.45) is 8.05. The van der Waals surface area contributed by atoms with Crippen molar-refractivity contribution in [2.24, 2.45) is 0 Å². The van der Waals surface area contributed by atoms with Gasteiger partial charge in [0.2, 0.25) is 0 Å². The fourth-order valence-electron chi connectivity index (χ4n) is 2.94. The molecule has 8 N–H and O–H groups in total. The van der Waals surface area contributed by atoms with Crippen LogP contribution >= 0.6 is 0 Å². The molecule has 5 heterocycles. The van der Waals surface area contributed by atoms with Gasteiger partial charge in [-0.15, -0.1) is 0 Å². The van der Waals surface area contributed by atoms with E-state index in [0.29, 0.717) is 0 Å². The highest BCUT2D eigenvalue weighted by Crippen LogP contribution is 2.17. The van der Waals surface area contributed by atoms with Crippen molar-refractivity contribution in [2.45, 2.75) is 0 Å². The Balaban J connectivity index is 0.000000980. The van der Waals surface area contributed by atoms with Crippen LogP contribution in [-0.4, -0.2) is 19.9 Å². The summed E-state index contributed by atoms with van der Waals surface area (Å²) in [6, 6.07) is 16.4. The first-order chi connectivity index (χ1) is 11.8. The van der Waals surface area contributed by atoms with Crippen LogP contribution in [0.3, 0.4) is 0 Å². The van der Waals surface area contributed by atoms with Crippen LogP contribution in [0.4, 0.5) is 0 Å². The smallest absolute Gasteiger partial charge is 0.0659 e. The summed E-state index contributed by atoms with van der Waals surface area (Å²) < 4.78 is 0. The molecule has 0 saturated carbocycles. The highest BCUT2D eigenvalue weighted by molar-refractivity contribution is 5.77. The molecule has 0 radical (unpaired) electrons. The molecular formula is C20H20N6. The third-order valence-electron chi connectivity index (χ3n) is 4.04. The highest BCUT2D eigenvalue weighted by atomic mass is 14.8. The van der Waals surface area contributed by atoms with Gasteiger partial charge in [-0.1, -0.05) is 0 Å². The van der Waals surface area contributed by atoms with E-state index in [-0.39, 0.29) is 12.3 Å². The van der Waals surface area contributed by atoms with Gasteiger partial charge in [0, 0.05) is 22.1 Å². The summed E-state index contributed by atoms with van der Waals surface area (Å²) in [7, 11) is 0. The molecule has 2 aliphatic heterocycles. The van der Waals surface area contributed by atoms with Crippen molar-refractivity contribution >= 4 is 46.4 Å². The van der Waals surface area contributed by atoms with Gasteiger partial charge in [0.25, 0.3) is 0 Å². The molecule has 5 rings (SSSR count). The van der Waals surface area contributed by atoms with Gasteiger partial charge in [0.15, 0.2) is 0 Å². The second-order valence-electron chi connectivity index (χ2n) is 5.91. The molecular weight excluding hydrogens is 324 g/mol. The zero-order valence-corrected chi connectivity index (χ0v) is 14.2. The summed E-state index contributed by atoms with van der Waals surface area (Å²) in [5.41, 5.74) is 7.86. The van der Waals surface area contributed by atoms with Gasteiger partial charge in [-0.25, -0.2) is 9.97 Å². The molecule has 3 aromatic heterocycles. The first-order valence-electron chi connectivity index (χ1n) is 7.85. The third-order valence-corrected chi connectivity index (χ3v) is 4.04. The van der Waals surface area contributed by atoms with Crippen LogP contribution in [0.15, 0.2) is 48.5 Å². The van der Waals surface area contributed by atoms with E-state index >= 15 is 0 Å². The topological polar surface area (TPSA) is 127 Å². The van der Waals surface area contributed by atoms with Crippen molar-refractivity contribution in [3.05, 3.63) is 71.3 Å². The van der Waals surface area contributed by atoms with E-state index in [1.807, 2.05) is 42.5 Å². The minimum atomic E-state index is 0. The molecule has 2 aliphatic rings. The first kappa shape index (κ1) is 17.3. The van der Waals surface area contributed by atoms with Crippen LogP contribution in [0.2, 0.25) is 0 Å². The molecule has 0 unspecified atom stereocenters. The third kappa shape index (κ3) is 3.32. The molecule has 0 saturated heterocycles. The summed E-state index contributed by atoms with van der Waals surface area (Å²) in [5, 5.41) is 0. The zero-order chi connectivity index (χ0) is 15.9. The Labute approximate surface area is 150 Å². The van der Waals surface area contributed by atoms with E-state index in [4.69, 9.17) is 0 Å². The van der Waals surface area contributed by atoms with Crippen LogP contribution in [0.1, 0.15) is 22.8 Å². The maximum atomic E-state index is 4.62. The molecule has 6 heteroatoms. The van der Waals surface area contributed by atoms with E-state index in [2.05, 4.69) is 50.3 Å². The van der Waals surface area contributed by atoms with Crippen molar-refractivity contribution in [3.8, 4) is 0 Å². The number of nitrogens with one attached hydrogen (secondary N) is 2. The molecule has 3 aromatic rings. The predicted molar refractivity (Wildman–Crippen MR) is 109 cm³/mol. The summed E-state index contributed by atoms with van der Waals surface area (Å²) in [4.78, 5) is 16.0. The summed E-state index contributed by atoms with van der Waals surface area (Å²) in [6.45, 7) is 0. The molecule has 0 atom stereocenters. The quantitative estimate of drug-likeness (QED) is 0.316. The maximum absolute atomic E-state index is 4.62. The number of H-pyrrole nitrogens is 2. The zero-order valence-electron chi connectivity index (χ0n) is 14.2. The van der Waals surface area contributed by atoms with E-state index in [9.17, 15) is 0 Å². The van der Waals surface area contributed by atoms with Gasteiger partial charge in [0.1, 0.15) is 0 Å². The van der Waals surface area contributed by atoms with Crippen molar-refractivity contribution in [3.63, 3.8) is 0 Å². The first-order valence-corrected chi connectivity index (χ1v) is 7.85. The standard InChI is InChI=1S/C20H14N4.2H3N/c1-2-14-10-16-5-6-18(23-16)12-20-8-7-19(24-20)11-17-4-3-15(22-17)9-13(1)21-14;;/h1-12,21-22H;2*1H3. The molecule has 6 nitrogen and oxygen atoms in total. The van der Waals surface area contributed by atoms with Crippen LogP contribution in [0.5, 0.6) is 0 Å². The number of aromatic nitrogens is 4. The lowest BCUT2D eigenvalue weighted by molar-refractivity contribution is 1.28. The number of rotatable bonds is 0. The average molecular weight is 344 g/mol. The predicted octanol–water partition coefficient (Wildman–Crippen LogP) is 4.98. The normalized spacial score (nSPS) is 11.7. The van der Waals surface area contributed by atoms with E-state index in [1.165, 1.54) is 0 Å². The number of nitrogens with zero attached hydrogens (tertiary/aromatic N) is 2. The van der Waals surface area contributed by atoms with Gasteiger partial charge in [-0.2, -0.15) is 0 Å². The fraction of sp³-hybridized carbons (Fsp3) is 0. The maximum Gasteiger partial charge on any atom is 0.0659 e. The molecule has 0 spiro atoms. The Morgan fingerprint density at radius 1 is 0.462 bits per heavy atom. The Morgan fingerprint density at radius 3 is 1.23 bits per heavy atom. The van der Waals surface area contributed by atoms with Crippen molar-refractivity contribution in [2.75, 3.05) is 0 Å². The lowest BCUT2D eigenvalue weighted by atomic mass is 10.3. The van der Waals surface area contributed by atoms with Gasteiger partial charge >= 0.3 is 0 Å². The van der Waals surface area contributed by atoms with Crippen LogP contribution < -0.4 is 12.3 Å². The second-order valence-corrected chi connectivity index (χ2v) is 5.91. The molecule has 26 heavy (non-hydrogen) atoms. The van der Waals surface area contributed by atoms with Gasteiger partial charge in [-0.3, -0.25) is 0 Å². The minimum Gasteiger partial charge on any atom is -0.355 e. The Hall–Kier alpha value is -3.48. The lowest BCUT2D eigenvalue weighted by Gasteiger charge is -1.86. The minimum absolute atomic E-state index is 0. The number of fused-ring (bicyclic) bond motifs is 8. The Bertz CT molecular complexity index is 1070. The summed E-state index contributed by atoms with van der Waals surface area (Å²) >= 11 is 0. The molecule has 0 amide bonds. The Morgan fingerprint density at radius 2 is 0.808 bits per heavy atom. The number of hydrogen-bond donors (Lipinski definition) is 4. The Kier molecular flexibility index (Phi) is 4.53. The number of aromatic amines is 2. The van der Waals surface area contributed by atoms with Gasteiger partial charge in [0.05, 0.1) is 22.8 Å². The van der Waals surface area contributed by atoms with Crippen LogP contribution in [0.25, 0.3) is 46.4 Å². The molecule has 0 aromatic carbocycles. The molecule has 0 aliphatic carbocycles. The average Bonchev–Trinajstić information content (AvgIpc) is 3.32. The SMILES string of the molecule is C1=Cc2cc3ccc(cc4ccc(cc5nc(cc1n2)C=C5)[nH]4)[nH]3.N.N. The molecule has 130 valence electrons. The van der Waals surface area contributed by atoms with Crippen molar-refractivity contribution in [1.29, 1.82) is 0 Å². The number of hydrogen-bond acceptors (Lipinski definition) is 4. The molecule has 8 bridgehead atoms. The fourth-order valence-corrected chi connectivity index (χ4v) is 2.94. The van der Waals surface area contributed by atoms with Gasteiger partial charge < -0.3 is 22.3 Å². The molecule has 0 fully saturated rings. The monoisotopic (exact) mass is 344 g/mol. The van der Waals surface area contributed by atoms with E-state index < -0.39 is 0 Å². The van der Waals surface area contributed by atoms with Crippen molar-refractivity contribution in [1.82, 2.24) is 32.2 Å². The van der Waals surface area contributed by atoms with Crippen LogP contribution in [0, 0.1) is 0 Å². The lowest BCUT2D eigenvalue weighted by Crippen LogP contribution is -1.77. The largest absolute Gasteiger partial charge is 0.355 e. The second kappa shape index (κ2) is 6.79.